The first kappa shape index (κ1) is 16.4. The molecular weight excluding hydrogens is 208 g/mol. The molecule has 0 saturated heterocycles. The van der Waals surface area contributed by atoms with Gasteiger partial charge < -0.3 is 0 Å². The SMILES string of the molecule is CCCCCC/C(C)=C(\C=O)CCCCCC. The zero-order chi connectivity index (χ0) is 12.9. The Balaban J connectivity index is 3.88. The summed E-state index contributed by atoms with van der Waals surface area (Å²) in [7, 11) is 0. The molecule has 0 radical (unpaired) electrons. The van der Waals surface area contributed by atoms with Crippen molar-refractivity contribution in [3.63, 3.8) is 0 Å². The van der Waals surface area contributed by atoms with Crippen molar-refractivity contribution >= 4 is 6.29 Å². The van der Waals surface area contributed by atoms with E-state index in [0.717, 1.165) is 24.7 Å². The fourth-order valence-corrected chi connectivity index (χ4v) is 2.09. The Labute approximate surface area is 108 Å². The molecule has 0 heterocycles. The monoisotopic (exact) mass is 238 g/mol. The first-order chi connectivity index (χ1) is 8.26. The van der Waals surface area contributed by atoms with Gasteiger partial charge in [-0.05, 0) is 38.2 Å². The molecule has 0 spiro atoms. The average molecular weight is 238 g/mol. The molecule has 0 amide bonds. The van der Waals surface area contributed by atoms with E-state index in [1.54, 1.807) is 0 Å². The van der Waals surface area contributed by atoms with Crippen LogP contribution >= 0.6 is 0 Å². The molecule has 0 unspecified atom stereocenters. The first-order valence-electron chi connectivity index (χ1n) is 7.40. The second kappa shape index (κ2) is 11.9. The molecule has 0 N–H and O–H groups in total. The minimum Gasteiger partial charge on any atom is -0.298 e. The first-order valence-corrected chi connectivity index (χ1v) is 7.40. The maximum atomic E-state index is 11.0. The molecule has 0 atom stereocenters. The van der Waals surface area contributed by atoms with Gasteiger partial charge in [0, 0.05) is 0 Å². The molecule has 0 aromatic heterocycles. The lowest BCUT2D eigenvalue weighted by molar-refractivity contribution is -0.105. The van der Waals surface area contributed by atoms with Crippen molar-refractivity contribution in [2.75, 3.05) is 0 Å². The van der Waals surface area contributed by atoms with E-state index in [4.69, 9.17) is 0 Å². The largest absolute Gasteiger partial charge is 0.298 e. The van der Waals surface area contributed by atoms with Gasteiger partial charge in [0.15, 0.2) is 0 Å². The van der Waals surface area contributed by atoms with Crippen molar-refractivity contribution < 1.29 is 4.79 Å². The van der Waals surface area contributed by atoms with Crippen LogP contribution in [-0.4, -0.2) is 6.29 Å². The van der Waals surface area contributed by atoms with E-state index in [-0.39, 0.29) is 0 Å². The molecule has 0 rings (SSSR count). The molecule has 0 aliphatic rings. The zero-order valence-electron chi connectivity index (χ0n) is 12.1. The highest BCUT2D eigenvalue weighted by Crippen LogP contribution is 2.17. The van der Waals surface area contributed by atoms with Crippen molar-refractivity contribution in [2.24, 2.45) is 0 Å². The van der Waals surface area contributed by atoms with Crippen molar-refractivity contribution in [1.82, 2.24) is 0 Å². The minimum atomic E-state index is 0.989. The summed E-state index contributed by atoms with van der Waals surface area (Å²) in [4.78, 5) is 11.0. The summed E-state index contributed by atoms with van der Waals surface area (Å²) in [5.74, 6) is 0. The maximum Gasteiger partial charge on any atom is 0.145 e. The predicted octanol–water partition coefficient (Wildman–Crippen LogP) is 5.44. The topological polar surface area (TPSA) is 17.1 Å². The lowest BCUT2D eigenvalue weighted by Gasteiger charge is -2.07. The Bertz CT molecular complexity index is 216. The molecule has 100 valence electrons. The van der Waals surface area contributed by atoms with E-state index < -0.39 is 0 Å². The normalized spacial score (nSPS) is 12.4. The van der Waals surface area contributed by atoms with Gasteiger partial charge in [-0.2, -0.15) is 0 Å². The van der Waals surface area contributed by atoms with Gasteiger partial charge in [-0.3, -0.25) is 4.79 Å². The molecular formula is C16H30O. The minimum absolute atomic E-state index is 0.989. The summed E-state index contributed by atoms with van der Waals surface area (Å²) in [6.45, 7) is 6.58. The highest BCUT2D eigenvalue weighted by atomic mass is 16.1. The smallest absolute Gasteiger partial charge is 0.145 e. The fourth-order valence-electron chi connectivity index (χ4n) is 2.09. The van der Waals surface area contributed by atoms with Gasteiger partial charge in [-0.1, -0.05) is 57.9 Å². The van der Waals surface area contributed by atoms with Crippen LogP contribution in [0.15, 0.2) is 11.1 Å². The van der Waals surface area contributed by atoms with Crippen LogP contribution in [0.5, 0.6) is 0 Å². The Morgan fingerprint density at radius 2 is 1.35 bits per heavy atom. The van der Waals surface area contributed by atoms with Crippen LogP contribution in [0.25, 0.3) is 0 Å². The summed E-state index contributed by atoms with van der Waals surface area (Å²) in [5.41, 5.74) is 2.39. The van der Waals surface area contributed by atoms with E-state index >= 15 is 0 Å². The third-order valence-corrected chi connectivity index (χ3v) is 3.40. The highest BCUT2D eigenvalue weighted by Gasteiger charge is 2.02. The molecule has 0 aromatic rings. The van der Waals surface area contributed by atoms with Gasteiger partial charge in [0.25, 0.3) is 0 Å². The Morgan fingerprint density at radius 3 is 1.82 bits per heavy atom. The van der Waals surface area contributed by atoms with Gasteiger partial charge >= 0.3 is 0 Å². The quantitative estimate of drug-likeness (QED) is 0.266. The van der Waals surface area contributed by atoms with Gasteiger partial charge in [-0.15, -0.1) is 0 Å². The number of allylic oxidation sites excluding steroid dienone is 2. The number of carbonyl (C=O) groups excluding carboxylic acids is 1. The van der Waals surface area contributed by atoms with Gasteiger partial charge in [0.1, 0.15) is 6.29 Å². The van der Waals surface area contributed by atoms with Crippen molar-refractivity contribution in [3.05, 3.63) is 11.1 Å². The average Bonchev–Trinajstić information content (AvgIpc) is 2.34. The van der Waals surface area contributed by atoms with Crippen molar-refractivity contribution in [3.8, 4) is 0 Å². The highest BCUT2D eigenvalue weighted by molar-refractivity contribution is 5.74. The molecule has 0 fully saturated rings. The standard InChI is InChI=1S/C16H30O/c1-4-6-8-10-12-15(3)16(14-17)13-11-9-7-5-2/h14H,4-13H2,1-3H3/b16-15-. The molecule has 0 bridgehead atoms. The summed E-state index contributed by atoms with van der Waals surface area (Å²) in [6, 6.07) is 0. The van der Waals surface area contributed by atoms with Gasteiger partial charge in [0.05, 0.1) is 0 Å². The number of rotatable bonds is 11. The Kier molecular flexibility index (Phi) is 11.5. The number of hydrogen-bond acceptors (Lipinski definition) is 1. The third kappa shape index (κ3) is 9.14. The van der Waals surface area contributed by atoms with Crippen LogP contribution in [0.4, 0.5) is 0 Å². The van der Waals surface area contributed by atoms with Crippen LogP contribution < -0.4 is 0 Å². The van der Waals surface area contributed by atoms with Gasteiger partial charge in [-0.25, -0.2) is 0 Å². The molecule has 1 heteroatoms. The molecule has 0 aromatic carbocycles. The number of aldehydes is 1. The Morgan fingerprint density at radius 1 is 0.824 bits per heavy atom. The fraction of sp³-hybridized carbons (Fsp3) is 0.812. The molecule has 17 heavy (non-hydrogen) atoms. The Hall–Kier alpha value is -0.590. The van der Waals surface area contributed by atoms with Crippen LogP contribution in [0.1, 0.15) is 85.0 Å². The lowest BCUT2D eigenvalue weighted by atomic mass is 9.99. The third-order valence-electron chi connectivity index (χ3n) is 3.40. The van der Waals surface area contributed by atoms with E-state index in [2.05, 4.69) is 20.8 Å². The van der Waals surface area contributed by atoms with Crippen molar-refractivity contribution in [1.29, 1.82) is 0 Å². The van der Waals surface area contributed by atoms with E-state index in [0.29, 0.717) is 0 Å². The number of carbonyl (C=O) groups is 1. The van der Waals surface area contributed by atoms with Crippen LogP contribution in [0.3, 0.4) is 0 Å². The predicted molar refractivity (Wildman–Crippen MR) is 76.3 cm³/mol. The summed E-state index contributed by atoms with van der Waals surface area (Å²) in [6.07, 6.45) is 13.3. The van der Waals surface area contributed by atoms with Crippen LogP contribution in [-0.2, 0) is 4.79 Å². The lowest BCUT2D eigenvalue weighted by Crippen LogP contribution is -1.92. The second-order valence-corrected chi connectivity index (χ2v) is 5.04. The summed E-state index contributed by atoms with van der Waals surface area (Å²) >= 11 is 0. The number of unbranched alkanes of at least 4 members (excludes halogenated alkanes) is 6. The molecule has 0 saturated carbocycles. The van der Waals surface area contributed by atoms with Crippen LogP contribution in [0.2, 0.25) is 0 Å². The molecule has 1 nitrogen and oxygen atoms in total. The number of hydrogen-bond donors (Lipinski definition) is 0. The van der Waals surface area contributed by atoms with Gasteiger partial charge in [0.2, 0.25) is 0 Å². The zero-order valence-corrected chi connectivity index (χ0v) is 12.1. The summed E-state index contributed by atoms with van der Waals surface area (Å²) in [5, 5.41) is 0. The second-order valence-electron chi connectivity index (χ2n) is 5.04. The maximum absolute atomic E-state index is 11.0. The van der Waals surface area contributed by atoms with E-state index in [9.17, 15) is 4.79 Å². The van der Waals surface area contributed by atoms with E-state index in [1.807, 2.05) is 0 Å². The summed E-state index contributed by atoms with van der Waals surface area (Å²) < 4.78 is 0. The van der Waals surface area contributed by atoms with E-state index in [1.165, 1.54) is 56.9 Å². The molecule has 0 aliphatic heterocycles. The molecule has 0 aliphatic carbocycles. The van der Waals surface area contributed by atoms with Crippen LogP contribution in [0, 0.1) is 0 Å². The van der Waals surface area contributed by atoms with Crippen molar-refractivity contribution in [2.45, 2.75) is 85.0 Å².